The lowest BCUT2D eigenvalue weighted by Crippen LogP contribution is -2.06. The molecule has 0 heterocycles. The summed E-state index contributed by atoms with van der Waals surface area (Å²) in [4.78, 5) is 19.3. The first kappa shape index (κ1) is 27.5. The van der Waals surface area contributed by atoms with Crippen LogP contribution in [0, 0.1) is 0 Å². The summed E-state index contributed by atoms with van der Waals surface area (Å²) in [6, 6.07) is 0. The largest absolute Gasteiger partial charge is 0.481 e. The third-order valence-corrected chi connectivity index (χ3v) is 1.84. The molecule has 0 aromatic rings. The molecule has 0 bridgehead atoms. The van der Waals surface area contributed by atoms with Crippen LogP contribution in [0.25, 0.3) is 0 Å². The average molecular weight is 358 g/mol. The standard InChI is InChI=1S/C6H14O3.C4H6O4.C4H10O3/c1-2-8-5-6-9-4-3-7;5-3(6)1-2-4(7)8;5-1-3-7-4-2-6/h7H,2-6H2,1H3;1-2H2,(H,5,6)(H,7,8);5-6H,1-4H2. The Kier molecular flexibility index (Phi) is 30.5. The van der Waals surface area contributed by atoms with Gasteiger partial charge in [-0.1, -0.05) is 0 Å². The lowest BCUT2D eigenvalue weighted by Gasteiger charge is -2.00. The van der Waals surface area contributed by atoms with Gasteiger partial charge in [0.05, 0.1) is 65.7 Å². The molecule has 0 rings (SSSR count). The Hall–Kier alpha value is -1.30. The maximum absolute atomic E-state index is 9.64. The Labute approximate surface area is 141 Å². The van der Waals surface area contributed by atoms with Crippen molar-refractivity contribution in [2.75, 3.05) is 59.5 Å². The summed E-state index contributed by atoms with van der Waals surface area (Å²) < 4.78 is 14.5. The fourth-order valence-corrected chi connectivity index (χ4v) is 0.874. The van der Waals surface area contributed by atoms with Gasteiger partial charge in [0.1, 0.15) is 0 Å². The van der Waals surface area contributed by atoms with Gasteiger partial charge in [0, 0.05) is 6.61 Å². The van der Waals surface area contributed by atoms with E-state index in [1.807, 2.05) is 6.92 Å². The molecule has 10 heteroatoms. The van der Waals surface area contributed by atoms with Crippen molar-refractivity contribution in [1.29, 1.82) is 0 Å². The molecule has 0 saturated heterocycles. The van der Waals surface area contributed by atoms with Crippen molar-refractivity contribution in [1.82, 2.24) is 0 Å². The van der Waals surface area contributed by atoms with Gasteiger partial charge in [-0.15, -0.1) is 0 Å². The van der Waals surface area contributed by atoms with E-state index in [-0.39, 0.29) is 32.7 Å². The molecule has 0 aromatic carbocycles. The Balaban J connectivity index is -0.000000278. The van der Waals surface area contributed by atoms with Crippen molar-refractivity contribution >= 4 is 11.9 Å². The second-order valence-corrected chi connectivity index (χ2v) is 3.88. The van der Waals surface area contributed by atoms with Crippen LogP contribution in [0.1, 0.15) is 19.8 Å². The minimum absolute atomic E-state index is 0.0278. The summed E-state index contributed by atoms with van der Waals surface area (Å²) in [6.45, 7) is 5.06. The van der Waals surface area contributed by atoms with E-state index in [4.69, 9.17) is 35.0 Å². The molecule has 0 aliphatic heterocycles. The first-order chi connectivity index (χ1) is 11.5. The van der Waals surface area contributed by atoms with Crippen molar-refractivity contribution in [3.8, 4) is 0 Å². The summed E-state index contributed by atoms with van der Waals surface area (Å²) in [5, 5.41) is 40.2. The van der Waals surface area contributed by atoms with E-state index in [2.05, 4.69) is 4.74 Å². The van der Waals surface area contributed by atoms with E-state index in [0.29, 0.717) is 33.0 Å². The molecule has 0 aromatic heterocycles. The third kappa shape index (κ3) is 42.8. The lowest BCUT2D eigenvalue weighted by molar-refractivity contribution is -0.143. The van der Waals surface area contributed by atoms with Gasteiger partial charge in [-0.3, -0.25) is 9.59 Å². The zero-order valence-electron chi connectivity index (χ0n) is 14.1. The highest BCUT2D eigenvalue weighted by molar-refractivity contribution is 5.75. The number of carboxylic acids is 2. The number of aliphatic hydroxyl groups is 3. The molecule has 0 amide bonds. The number of ether oxygens (including phenoxy) is 3. The van der Waals surface area contributed by atoms with E-state index in [0.717, 1.165) is 6.61 Å². The van der Waals surface area contributed by atoms with Gasteiger partial charge in [0.25, 0.3) is 0 Å². The Bertz CT molecular complexity index is 236. The molecule has 5 N–H and O–H groups in total. The van der Waals surface area contributed by atoms with Gasteiger partial charge in [-0.05, 0) is 6.92 Å². The Morgan fingerprint density at radius 1 is 0.667 bits per heavy atom. The van der Waals surface area contributed by atoms with Gasteiger partial charge in [-0.25, -0.2) is 0 Å². The second kappa shape index (κ2) is 26.6. The molecule has 0 spiro atoms. The van der Waals surface area contributed by atoms with Gasteiger partial charge < -0.3 is 39.7 Å². The van der Waals surface area contributed by atoms with Gasteiger partial charge >= 0.3 is 11.9 Å². The van der Waals surface area contributed by atoms with Gasteiger partial charge in [0.2, 0.25) is 0 Å². The molecular weight excluding hydrogens is 328 g/mol. The number of rotatable bonds is 13. The molecule has 0 atom stereocenters. The molecular formula is C14H30O10. The Morgan fingerprint density at radius 2 is 1.00 bits per heavy atom. The summed E-state index contributed by atoms with van der Waals surface area (Å²) in [5.74, 6) is -2.15. The lowest BCUT2D eigenvalue weighted by atomic mass is 10.3. The number of carboxylic acid groups (broad SMARTS) is 2. The van der Waals surface area contributed by atoms with Crippen LogP contribution < -0.4 is 0 Å². The van der Waals surface area contributed by atoms with Crippen LogP contribution >= 0.6 is 0 Å². The number of aliphatic carboxylic acids is 2. The predicted molar refractivity (Wildman–Crippen MR) is 83.9 cm³/mol. The molecule has 146 valence electrons. The van der Waals surface area contributed by atoms with E-state index in [1.54, 1.807) is 0 Å². The fourth-order valence-electron chi connectivity index (χ4n) is 0.874. The average Bonchev–Trinajstić information content (AvgIpc) is 2.55. The molecule has 24 heavy (non-hydrogen) atoms. The summed E-state index contributed by atoms with van der Waals surface area (Å²) in [5.41, 5.74) is 0. The summed E-state index contributed by atoms with van der Waals surface area (Å²) >= 11 is 0. The maximum atomic E-state index is 9.64. The molecule has 0 fully saturated rings. The summed E-state index contributed by atoms with van der Waals surface area (Å²) in [7, 11) is 0. The van der Waals surface area contributed by atoms with E-state index in [9.17, 15) is 9.59 Å². The van der Waals surface area contributed by atoms with Crippen molar-refractivity contribution in [2.24, 2.45) is 0 Å². The van der Waals surface area contributed by atoms with Crippen LogP contribution in [-0.2, 0) is 23.8 Å². The van der Waals surface area contributed by atoms with Crippen LogP contribution in [0.3, 0.4) is 0 Å². The molecule has 0 radical (unpaired) electrons. The zero-order chi connectivity index (χ0) is 19.1. The molecule has 0 aliphatic carbocycles. The van der Waals surface area contributed by atoms with Crippen molar-refractivity contribution in [3.05, 3.63) is 0 Å². The number of hydrogen-bond acceptors (Lipinski definition) is 8. The van der Waals surface area contributed by atoms with E-state index in [1.165, 1.54) is 0 Å². The van der Waals surface area contributed by atoms with Crippen molar-refractivity contribution in [3.63, 3.8) is 0 Å². The highest BCUT2D eigenvalue weighted by Gasteiger charge is 2.00. The van der Waals surface area contributed by atoms with Crippen LogP contribution in [-0.4, -0.2) is 96.9 Å². The van der Waals surface area contributed by atoms with Gasteiger partial charge in [0.15, 0.2) is 0 Å². The first-order valence-corrected chi connectivity index (χ1v) is 7.45. The highest BCUT2D eigenvalue weighted by Crippen LogP contribution is 1.86. The SMILES string of the molecule is CCOCCOCCO.O=C(O)CCC(=O)O.OCCOCCO. The van der Waals surface area contributed by atoms with E-state index < -0.39 is 11.9 Å². The van der Waals surface area contributed by atoms with Crippen LogP contribution in [0.2, 0.25) is 0 Å². The van der Waals surface area contributed by atoms with Crippen molar-refractivity contribution < 1.29 is 49.3 Å². The fraction of sp³-hybridized carbons (Fsp3) is 0.857. The minimum Gasteiger partial charge on any atom is -0.481 e. The van der Waals surface area contributed by atoms with Crippen molar-refractivity contribution in [2.45, 2.75) is 19.8 Å². The quantitative estimate of drug-likeness (QED) is 0.257. The third-order valence-electron chi connectivity index (χ3n) is 1.84. The van der Waals surface area contributed by atoms with Crippen LogP contribution in [0.15, 0.2) is 0 Å². The number of carbonyl (C=O) groups is 2. The zero-order valence-corrected chi connectivity index (χ0v) is 14.1. The molecule has 0 saturated carbocycles. The smallest absolute Gasteiger partial charge is 0.303 e. The molecule has 10 nitrogen and oxygen atoms in total. The normalized spacial score (nSPS) is 9.33. The monoisotopic (exact) mass is 358 g/mol. The van der Waals surface area contributed by atoms with Crippen LogP contribution in [0.5, 0.6) is 0 Å². The highest BCUT2D eigenvalue weighted by atomic mass is 16.5. The maximum Gasteiger partial charge on any atom is 0.303 e. The second-order valence-electron chi connectivity index (χ2n) is 3.88. The van der Waals surface area contributed by atoms with Gasteiger partial charge in [-0.2, -0.15) is 0 Å². The number of aliphatic hydroxyl groups excluding tert-OH is 3. The topological polar surface area (TPSA) is 163 Å². The number of hydrogen-bond donors (Lipinski definition) is 5. The first-order valence-electron chi connectivity index (χ1n) is 7.45. The Morgan fingerprint density at radius 3 is 1.29 bits per heavy atom. The molecule has 0 aliphatic rings. The molecule has 0 unspecified atom stereocenters. The van der Waals surface area contributed by atoms with Crippen LogP contribution in [0.4, 0.5) is 0 Å². The predicted octanol–water partition coefficient (Wildman–Crippen LogP) is -1.04. The summed E-state index contributed by atoms with van der Waals surface area (Å²) in [6.07, 6.45) is -0.593. The van der Waals surface area contributed by atoms with E-state index >= 15 is 0 Å². The minimum atomic E-state index is -1.08.